The standard InChI is InChI=1S/C16H19N7O2/c1-25-9-8-22-15-6-7-21(10-13(15)18-19-22)16(24)11-23-14-5-3-2-4-12(14)17-20-23/h2-5H,6-11H2,1H3. The molecule has 4 rings (SSSR count). The Bertz CT molecular complexity index is 901. The lowest BCUT2D eigenvalue weighted by atomic mass is 10.1. The predicted molar refractivity (Wildman–Crippen MR) is 88.5 cm³/mol. The fourth-order valence-corrected chi connectivity index (χ4v) is 3.10. The molecule has 0 saturated heterocycles. The Morgan fingerprint density at radius 3 is 2.92 bits per heavy atom. The van der Waals surface area contributed by atoms with Crippen LogP contribution in [0.15, 0.2) is 24.3 Å². The molecule has 1 aliphatic heterocycles. The average molecular weight is 341 g/mol. The smallest absolute Gasteiger partial charge is 0.244 e. The first-order valence-electron chi connectivity index (χ1n) is 8.22. The largest absolute Gasteiger partial charge is 0.383 e. The minimum absolute atomic E-state index is 0.00717. The zero-order valence-corrected chi connectivity index (χ0v) is 14.0. The Balaban J connectivity index is 1.46. The van der Waals surface area contributed by atoms with Gasteiger partial charge in [0.15, 0.2) is 0 Å². The van der Waals surface area contributed by atoms with E-state index < -0.39 is 0 Å². The summed E-state index contributed by atoms with van der Waals surface area (Å²) in [6.45, 7) is 2.58. The normalized spacial score (nSPS) is 14.0. The zero-order chi connectivity index (χ0) is 17.2. The summed E-state index contributed by atoms with van der Waals surface area (Å²) >= 11 is 0. The van der Waals surface area contributed by atoms with Crippen LogP contribution in [-0.2, 0) is 35.6 Å². The maximum absolute atomic E-state index is 12.7. The number of nitrogens with zero attached hydrogens (tertiary/aromatic N) is 7. The van der Waals surface area contributed by atoms with Crippen molar-refractivity contribution in [3.63, 3.8) is 0 Å². The van der Waals surface area contributed by atoms with Crippen LogP contribution in [-0.4, -0.2) is 61.1 Å². The number of benzene rings is 1. The van der Waals surface area contributed by atoms with Gasteiger partial charge in [0.25, 0.3) is 0 Å². The Kier molecular flexibility index (Phi) is 4.14. The number of hydrogen-bond acceptors (Lipinski definition) is 6. The van der Waals surface area contributed by atoms with Crippen molar-refractivity contribution in [2.45, 2.75) is 26.1 Å². The fraction of sp³-hybridized carbons (Fsp3) is 0.438. The Labute approximate surface area is 144 Å². The molecule has 1 aliphatic rings. The van der Waals surface area contributed by atoms with Crippen LogP contribution in [0.3, 0.4) is 0 Å². The van der Waals surface area contributed by atoms with E-state index in [9.17, 15) is 4.79 Å². The first-order chi connectivity index (χ1) is 12.3. The Morgan fingerprint density at radius 1 is 1.20 bits per heavy atom. The second-order valence-electron chi connectivity index (χ2n) is 6.00. The highest BCUT2D eigenvalue weighted by Gasteiger charge is 2.25. The summed E-state index contributed by atoms with van der Waals surface area (Å²) in [4.78, 5) is 14.5. The molecule has 0 bridgehead atoms. The summed E-state index contributed by atoms with van der Waals surface area (Å²) in [5.74, 6) is 0.00717. The molecule has 0 radical (unpaired) electrons. The lowest BCUT2D eigenvalue weighted by Crippen LogP contribution is -2.38. The number of ether oxygens (including phenoxy) is 1. The molecule has 3 aromatic rings. The molecular formula is C16H19N7O2. The van der Waals surface area contributed by atoms with Gasteiger partial charge in [-0.3, -0.25) is 4.79 Å². The predicted octanol–water partition coefficient (Wildman–Crippen LogP) is 0.254. The lowest BCUT2D eigenvalue weighted by Gasteiger charge is -2.26. The molecule has 0 atom stereocenters. The monoisotopic (exact) mass is 341 g/mol. The van der Waals surface area contributed by atoms with Crippen LogP contribution in [0.4, 0.5) is 0 Å². The number of amides is 1. The maximum atomic E-state index is 12.7. The van der Waals surface area contributed by atoms with E-state index in [0.717, 1.165) is 28.8 Å². The second kappa shape index (κ2) is 6.60. The number of aromatic nitrogens is 6. The summed E-state index contributed by atoms with van der Waals surface area (Å²) in [5, 5.41) is 16.6. The molecule has 9 nitrogen and oxygen atoms in total. The van der Waals surface area contributed by atoms with Gasteiger partial charge in [-0.05, 0) is 12.1 Å². The van der Waals surface area contributed by atoms with Crippen LogP contribution < -0.4 is 0 Å². The number of carbonyl (C=O) groups is 1. The van der Waals surface area contributed by atoms with Crippen molar-refractivity contribution in [1.29, 1.82) is 0 Å². The van der Waals surface area contributed by atoms with Crippen molar-refractivity contribution >= 4 is 16.9 Å². The van der Waals surface area contributed by atoms with E-state index in [1.165, 1.54) is 0 Å². The van der Waals surface area contributed by atoms with Crippen molar-refractivity contribution in [2.75, 3.05) is 20.3 Å². The fourth-order valence-electron chi connectivity index (χ4n) is 3.10. The van der Waals surface area contributed by atoms with Gasteiger partial charge >= 0.3 is 0 Å². The molecular weight excluding hydrogens is 322 g/mol. The summed E-state index contributed by atoms with van der Waals surface area (Å²) in [7, 11) is 1.66. The van der Waals surface area contributed by atoms with Crippen LogP contribution >= 0.6 is 0 Å². The summed E-state index contributed by atoms with van der Waals surface area (Å²) < 4.78 is 8.60. The first-order valence-corrected chi connectivity index (χ1v) is 8.22. The van der Waals surface area contributed by atoms with Gasteiger partial charge in [0.1, 0.15) is 17.8 Å². The average Bonchev–Trinajstić information content (AvgIpc) is 3.24. The minimum atomic E-state index is 0.00717. The molecule has 9 heteroatoms. The van der Waals surface area contributed by atoms with Crippen molar-refractivity contribution in [3.05, 3.63) is 35.7 Å². The lowest BCUT2D eigenvalue weighted by molar-refractivity contribution is -0.133. The van der Waals surface area contributed by atoms with E-state index in [-0.39, 0.29) is 12.5 Å². The number of carbonyl (C=O) groups excluding carboxylic acids is 1. The van der Waals surface area contributed by atoms with Gasteiger partial charge < -0.3 is 9.64 Å². The quantitative estimate of drug-likeness (QED) is 0.661. The number of fused-ring (bicyclic) bond motifs is 2. The third-order valence-corrected chi connectivity index (χ3v) is 4.44. The van der Waals surface area contributed by atoms with E-state index >= 15 is 0 Å². The highest BCUT2D eigenvalue weighted by molar-refractivity contribution is 5.80. The van der Waals surface area contributed by atoms with Crippen molar-refractivity contribution in [1.82, 2.24) is 34.9 Å². The molecule has 130 valence electrons. The molecule has 25 heavy (non-hydrogen) atoms. The molecule has 0 spiro atoms. The number of rotatable bonds is 5. The van der Waals surface area contributed by atoms with Crippen LogP contribution in [0.25, 0.3) is 11.0 Å². The number of methoxy groups -OCH3 is 1. The highest BCUT2D eigenvalue weighted by Crippen LogP contribution is 2.17. The van der Waals surface area contributed by atoms with Crippen molar-refractivity contribution < 1.29 is 9.53 Å². The molecule has 0 aliphatic carbocycles. The van der Waals surface area contributed by atoms with E-state index in [0.29, 0.717) is 26.2 Å². The molecule has 0 N–H and O–H groups in total. The Morgan fingerprint density at radius 2 is 2.04 bits per heavy atom. The van der Waals surface area contributed by atoms with Crippen LogP contribution in [0.2, 0.25) is 0 Å². The molecule has 3 heterocycles. The molecule has 0 unspecified atom stereocenters. The Hall–Kier alpha value is -2.81. The summed E-state index contributed by atoms with van der Waals surface area (Å²) in [6.07, 6.45) is 0.746. The minimum Gasteiger partial charge on any atom is -0.383 e. The van der Waals surface area contributed by atoms with Gasteiger partial charge in [0.05, 0.1) is 30.9 Å². The van der Waals surface area contributed by atoms with Gasteiger partial charge in [0.2, 0.25) is 5.91 Å². The van der Waals surface area contributed by atoms with Gasteiger partial charge in [-0.15, -0.1) is 10.2 Å². The van der Waals surface area contributed by atoms with Gasteiger partial charge in [-0.2, -0.15) is 0 Å². The third kappa shape index (κ3) is 2.98. The van der Waals surface area contributed by atoms with E-state index in [2.05, 4.69) is 20.6 Å². The molecule has 0 saturated carbocycles. The van der Waals surface area contributed by atoms with Crippen LogP contribution in [0.5, 0.6) is 0 Å². The van der Waals surface area contributed by atoms with E-state index in [4.69, 9.17) is 4.74 Å². The van der Waals surface area contributed by atoms with Crippen molar-refractivity contribution in [2.24, 2.45) is 0 Å². The highest BCUT2D eigenvalue weighted by atomic mass is 16.5. The molecule has 1 aromatic carbocycles. The van der Waals surface area contributed by atoms with Crippen LogP contribution in [0, 0.1) is 0 Å². The van der Waals surface area contributed by atoms with Crippen molar-refractivity contribution in [3.8, 4) is 0 Å². The second-order valence-corrected chi connectivity index (χ2v) is 6.00. The molecule has 2 aromatic heterocycles. The molecule has 0 fully saturated rings. The van der Waals surface area contributed by atoms with Gasteiger partial charge in [-0.25, -0.2) is 9.36 Å². The first kappa shape index (κ1) is 15.7. The van der Waals surface area contributed by atoms with E-state index in [1.807, 2.05) is 28.9 Å². The summed E-state index contributed by atoms with van der Waals surface area (Å²) in [6, 6.07) is 7.62. The van der Waals surface area contributed by atoms with Crippen LogP contribution in [0.1, 0.15) is 11.4 Å². The number of hydrogen-bond donors (Lipinski definition) is 0. The zero-order valence-electron chi connectivity index (χ0n) is 14.0. The van der Waals surface area contributed by atoms with Gasteiger partial charge in [-0.1, -0.05) is 22.6 Å². The topological polar surface area (TPSA) is 91.0 Å². The van der Waals surface area contributed by atoms with Gasteiger partial charge in [0, 0.05) is 20.1 Å². The molecule has 1 amide bonds. The summed E-state index contributed by atoms with van der Waals surface area (Å²) in [5.41, 5.74) is 3.60. The third-order valence-electron chi connectivity index (χ3n) is 4.44. The SMILES string of the molecule is COCCn1nnc2c1CCN(C(=O)Cn1nnc3ccccc31)C2. The maximum Gasteiger partial charge on any atom is 0.244 e. The van der Waals surface area contributed by atoms with E-state index in [1.54, 1.807) is 16.7 Å². The number of para-hydroxylation sites is 1.